The zero-order valence-electron chi connectivity index (χ0n) is 15.0. The Bertz CT molecular complexity index is 716. The zero-order chi connectivity index (χ0) is 18.7. The van der Waals surface area contributed by atoms with Crippen molar-refractivity contribution < 1.29 is 19.1 Å². The zero-order valence-corrected chi connectivity index (χ0v) is 15.8. The van der Waals surface area contributed by atoms with Gasteiger partial charge in [-0.2, -0.15) is 0 Å². The van der Waals surface area contributed by atoms with Gasteiger partial charge in [0, 0.05) is 24.1 Å². The molecule has 1 aromatic rings. The van der Waals surface area contributed by atoms with Crippen molar-refractivity contribution >= 4 is 29.3 Å². The average Bonchev–Trinajstić information content (AvgIpc) is 2.59. The van der Waals surface area contributed by atoms with Crippen LogP contribution in [0.25, 0.3) is 0 Å². The lowest BCUT2D eigenvalue weighted by molar-refractivity contribution is -0.161. The minimum Gasteiger partial charge on any atom is -0.455 e. The van der Waals surface area contributed by atoms with Crippen LogP contribution in [-0.2, 0) is 24.7 Å². The lowest BCUT2D eigenvalue weighted by Gasteiger charge is -2.43. The first-order valence-electron chi connectivity index (χ1n) is 9.18. The summed E-state index contributed by atoms with van der Waals surface area (Å²) in [6, 6.07) is 7.15. The molecule has 0 bridgehead atoms. The molecule has 0 aromatic heterocycles. The van der Waals surface area contributed by atoms with Crippen molar-refractivity contribution in [3.8, 4) is 0 Å². The number of hydrogen-bond donors (Lipinski definition) is 0. The Morgan fingerprint density at radius 2 is 1.96 bits per heavy atom. The SMILES string of the molecule is CN(C(=O)COC(=O)C1CCC1)C1(c2ccccc2Cl)CCCCC1=O. The molecule has 1 atom stereocenters. The van der Waals surface area contributed by atoms with E-state index >= 15 is 0 Å². The van der Waals surface area contributed by atoms with Gasteiger partial charge in [-0.1, -0.05) is 36.2 Å². The van der Waals surface area contributed by atoms with Gasteiger partial charge in [0.1, 0.15) is 5.54 Å². The fraction of sp³-hybridized carbons (Fsp3) is 0.550. The van der Waals surface area contributed by atoms with Gasteiger partial charge in [-0.3, -0.25) is 14.4 Å². The molecule has 0 aliphatic heterocycles. The second-order valence-corrected chi connectivity index (χ2v) is 7.57. The van der Waals surface area contributed by atoms with Crippen LogP contribution >= 0.6 is 11.6 Å². The predicted octanol–water partition coefficient (Wildman–Crippen LogP) is 3.48. The van der Waals surface area contributed by atoms with E-state index in [4.69, 9.17) is 16.3 Å². The Balaban J connectivity index is 1.82. The maximum Gasteiger partial charge on any atom is 0.309 e. The highest BCUT2D eigenvalue weighted by molar-refractivity contribution is 6.31. The van der Waals surface area contributed by atoms with Crippen LogP contribution in [0.3, 0.4) is 0 Å². The fourth-order valence-electron chi connectivity index (χ4n) is 3.83. The molecule has 3 rings (SSSR count). The summed E-state index contributed by atoms with van der Waals surface area (Å²) in [7, 11) is 1.60. The van der Waals surface area contributed by atoms with Crippen molar-refractivity contribution in [3.05, 3.63) is 34.9 Å². The van der Waals surface area contributed by atoms with Crippen LogP contribution in [0.5, 0.6) is 0 Å². The van der Waals surface area contributed by atoms with Crippen molar-refractivity contribution in [2.45, 2.75) is 50.5 Å². The maximum atomic E-state index is 13.0. The van der Waals surface area contributed by atoms with Crippen molar-refractivity contribution in [2.24, 2.45) is 5.92 Å². The normalized spacial score (nSPS) is 23.2. The molecular formula is C20H24ClNO4. The average molecular weight is 378 g/mol. The summed E-state index contributed by atoms with van der Waals surface area (Å²) in [6.07, 6.45) is 5.24. The van der Waals surface area contributed by atoms with Crippen molar-refractivity contribution in [1.29, 1.82) is 0 Å². The number of carbonyl (C=O) groups excluding carboxylic acids is 3. The number of likely N-dealkylation sites (N-methyl/N-ethyl adjacent to an activating group) is 1. The largest absolute Gasteiger partial charge is 0.455 e. The number of rotatable bonds is 5. The van der Waals surface area contributed by atoms with Crippen LogP contribution < -0.4 is 0 Å². The van der Waals surface area contributed by atoms with Gasteiger partial charge in [-0.05, 0) is 38.2 Å². The van der Waals surface area contributed by atoms with Gasteiger partial charge in [0.15, 0.2) is 12.4 Å². The van der Waals surface area contributed by atoms with Crippen LogP contribution in [0.15, 0.2) is 24.3 Å². The van der Waals surface area contributed by atoms with E-state index in [1.807, 2.05) is 6.07 Å². The molecule has 1 unspecified atom stereocenters. The first-order valence-corrected chi connectivity index (χ1v) is 9.56. The molecule has 2 aliphatic rings. The number of benzene rings is 1. The van der Waals surface area contributed by atoms with E-state index in [2.05, 4.69) is 0 Å². The molecule has 26 heavy (non-hydrogen) atoms. The van der Waals surface area contributed by atoms with Gasteiger partial charge < -0.3 is 9.64 Å². The molecular weight excluding hydrogens is 354 g/mol. The Morgan fingerprint density at radius 3 is 2.58 bits per heavy atom. The minimum absolute atomic E-state index is 0.0157. The summed E-state index contributed by atoms with van der Waals surface area (Å²) in [6.45, 7) is -0.342. The molecule has 0 heterocycles. The summed E-state index contributed by atoms with van der Waals surface area (Å²) in [5.41, 5.74) is -0.441. The number of hydrogen-bond acceptors (Lipinski definition) is 4. The van der Waals surface area contributed by atoms with Crippen LogP contribution in [0, 0.1) is 5.92 Å². The molecule has 6 heteroatoms. The molecule has 0 N–H and O–H groups in total. The van der Waals surface area contributed by atoms with E-state index in [-0.39, 0.29) is 30.2 Å². The number of ketones is 1. The summed E-state index contributed by atoms with van der Waals surface area (Å²) in [5, 5.41) is 0.467. The Hall–Kier alpha value is -1.88. The summed E-state index contributed by atoms with van der Waals surface area (Å²) >= 11 is 6.38. The van der Waals surface area contributed by atoms with E-state index in [1.165, 1.54) is 4.90 Å². The van der Waals surface area contributed by atoms with Gasteiger partial charge in [-0.15, -0.1) is 0 Å². The molecule has 1 amide bonds. The number of nitrogens with zero attached hydrogens (tertiary/aromatic N) is 1. The number of halogens is 1. The van der Waals surface area contributed by atoms with E-state index in [9.17, 15) is 14.4 Å². The van der Waals surface area contributed by atoms with Gasteiger partial charge in [0.2, 0.25) is 0 Å². The fourth-order valence-corrected chi connectivity index (χ4v) is 4.13. The molecule has 0 spiro atoms. The number of esters is 1. The van der Waals surface area contributed by atoms with E-state index < -0.39 is 5.54 Å². The molecule has 0 saturated heterocycles. The number of carbonyl (C=O) groups is 3. The van der Waals surface area contributed by atoms with Crippen molar-refractivity contribution in [2.75, 3.05) is 13.7 Å². The van der Waals surface area contributed by atoms with Crippen LogP contribution in [0.2, 0.25) is 5.02 Å². The second-order valence-electron chi connectivity index (χ2n) is 7.16. The van der Waals surface area contributed by atoms with Gasteiger partial charge >= 0.3 is 5.97 Å². The minimum atomic E-state index is -1.09. The third-order valence-corrected chi connectivity index (χ3v) is 6.03. The van der Waals surface area contributed by atoms with E-state index in [0.717, 1.165) is 32.1 Å². The first kappa shape index (κ1) is 18.9. The molecule has 5 nitrogen and oxygen atoms in total. The Morgan fingerprint density at radius 1 is 1.23 bits per heavy atom. The van der Waals surface area contributed by atoms with Gasteiger partial charge in [0.25, 0.3) is 5.91 Å². The van der Waals surface area contributed by atoms with Gasteiger partial charge in [0.05, 0.1) is 5.92 Å². The second kappa shape index (κ2) is 7.78. The van der Waals surface area contributed by atoms with Crippen molar-refractivity contribution in [1.82, 2.24) is 4.90 Å². The summed E-state index contributed by atoms with van der Waals surface area (Å²) < 4.78 is 5.19. The molecule has 0 radical (unpaired) electrons. The van der Waals surface area contributed by atoms with Crippen LogP contribution in [-0.4, -0.2) is 36.2 Å². The smallest absolute Gasteiger partial charge is 0.309 e. The molecule has 1 aromatic carbocycles. The predicted molar refractivity (Wildman–Crippen MR) is 97.7 cm³/mol. The Kier molecular flexibility index (Phi) is 5.66. The molecule has 140 valence electrons. The first-order chi connectivity index (χ1) is 12.5. The van der Waals surface area contributed by atoms with E-state index in [1.54, 1.807) is 25.2 Å². The summed E-state index contributed by atoms with van der Waals surface area (Å²) in [5.74, 6) is -0.799. The van der Waals surface area contributed by atoms with Crippen molar-refractivity contribution in [3.63, 3.8) is 0 Å². The highest BCUT2D eigenvalue weighted by Gasteiger charge is 2.48. The van der Waals surface area contributed by atoms with E-state index in [0.29, 0.717) is 23.4 Å². The highest BCUT2D eigenvalue weighted by Crippen LogP contribution is 2.42. The van der Waals surface area contributed by atoms with Crippen LogP contribution in [0.1, 0.15) is 50.5 Å². The van der Waals surface area contributed by atoms with Crippen LogP contribution in [0.4, 0.5) is 0 Å². The van der Waals surface area contributed by atoms with Gasteiger partial charge in [-0.25, -0.2) is 0 Å². The number of amides is 1. The topological polar surface area (TPSA) is 63.7 Å². The number of Topliss-reactive ketones (excluding diaryl/α,β-unsaturated/α-hetero) is 1. The highest BCUT2D eigenvalue weighted by atomic mass is 35.5. The molecule has 2 saturated carbocycles. The molecule has 2 aliphatic carbocycles. The third kappa shape index (κ3) is 3.37. The standard InChI is InChI=1S/C20H24ClNO4/c1-22(18(24)13-26-19(25)14-7-6-8-14)20(12-5-4-11-17(20)23)15-9-2-3-10-16(15)21/h2-3,9-10,14H,4-8,11-13H2,1H3. The monoisotopic (exact) mass is 377 g/mol. The number of ether oxygens (including phenoxy) is 1. The lowest BCUT2D eigenvalue weighted by Crippen LogP contribution is -2.55. The third-order valence-electron chi connectivity index (χ3n) is 5.70. The Labute approximate surface area is 158 Å². The quantitative estimate of drug-likeness (QED) is 0.737. The lowest BCUT2D eigenvalue weighted by atomic mass is 9.74. The summed E-state index contributed by atoms with van der Waals surface area (Å²) in [4.78, 5) is 39.1. The maximum absolute atomic E-state index is 13.0. The molecule has 2 fully saturated rings.